The van der Waals surface area contributed by atoms with Gasteiger partial charge in [-0.15, -0.1) is 11.8 Å². The predicted molar refractivity (Wildman–Crippen MR) is 131 cm³/mol. The van der Waals surface area contributed by atoms with Gasteiger partial charge in [0, 0.05) is 23.7 Å². The zero-order valence-electron chi connectivity index (χ0n) is 17.7. The molecule has 0 bridgehead atoms. The maximum Gasteiger partial charge on any atom is 0.229 e. The second kappa shape index (κ2) is 10.1. The van der Waals surface area contributed by atoms with E-state index in [-0.39, 0.29) is 5.91 Å². The molecule has 0 aliphatic carbocycles. The quantitative estimate of drug-likeness (QED) is 0.231. The maximum atomic E-state index is 13.3. The normalized spacial score (nSPS) is 11.0. The molecule has 2 aromatic heterocycles. The van der Waals surface area contributed by atoms with Crippen LogP contribution in [0.15, 0.2) is 71.9 Å². The Labute approximate surface area is 191 Å². The summed E-state index contributed by atoms with van der Waals surface area (Å²) in [6.45, 7) is 4.67. The molecule has 0 spiro atoms. The molecule has 0 radical (unpaired) electrons. The Balaban J connectivity index is 1.52. The molecule has 0 aliphatic rings. The van der Waals surface area contributed by atoms with Gasteiger partial charge in [0.25, 0.3) is 0 Å². The summed E-state index contributed by atoms with van der Waals surface area (Å²) in [7, 11) is 0. The van der Waals surface area contributed by atoms with Crippen LogP contribution >= 0.6 is 23.1 Å². The van der Waals surface area contributed by atoms with Crippen molar-refractivity contribution in [2.24, 2.45) is 0 Å². The predicted octanol–water partition coefficient (Wildman–Crippen LogP) is 6.41. The molecule has 0 unspecified atom stereocenters. The van der Waals surface area contributed by atoms with Crippen LogP contribution in [0.2, 0.25) is 0 Å². The van der Waals surface area contributed by atoms with E-state index in [2.05, 4.69) is 43.1 Å². The Morgan fingerprint density at radius 3 is 2.48 bits per heavy atom. The molecule has 0 aliphatic heterocycles. The van der Waals surface area contributed by atoms with Gasteiger partial charge in [0.2, 0.25) is 5.91 Å². The van der Waals surface area contributed by atoms with Gasteiger partial charge in [-0.3, -0.25) is 14.7 Å². The number of benzene rings is 2. The number of carbonyl (C=O) groups is 1. The highest BCUT2D eigenvalue weighted by Gasteiger charge is 2.21. The number of fused-ring (bicyclic) bond motifs is 1. The zero-order chi connectivity index (χ0) is 21.6. The molecule has 4 rings (SSSR count). The number of amides is 1. The van der Waals surface area contributed by atoms with Gasteiger partial charge in [-0.1, -0.05) is 41.7 Å². The Morgan fingerprint density at radius 1 is 1.00 bits per heavy atom. The first-order valence-electron chi connectivity index (χ1n) is 10.4. The third-order valence-electron chi connectivity index (χ3n) is 5.10. The Hall–Kier alpha value is -2.70. The summed E-state index contributed by atoms with van der Waals surface area (Å²) in [4.78, 5) is 25.3. The molecular weight excluding hydrogens is 422 g/mol. The van der Waals surface area contributed by atoms with Gasteiger partial charge in [0.15, 0.2) is 5.13 Å². The first-order chi connectivity index (χ1) is 15.1. The van der Waals surface area contributed by atoms with Crippen molar-refractivity contribution < 1.29 is 4.79 Å². The molecule has 158 valence electrons. The highest BCUT2D eigenvalue weighted by molar-refractivity contribution is 7.99. The van der Waals surface area contributed by atoms with E-state index in [4.69, 9.17) is 4.98 Å². The number of carbonyl (C=O) groups excluding carboxylic acids is 1. The van der Waals surface area contributed by atoms with Crippen LogP contribution < -0.4 is 4.90 Å². The summed E-state index contributed by atoms with van der Waals surface area (Å²) in [5.41, 5.74) is 4.38. The molecule has 4 aromatic rings. The smallest absolute Gasteiger partial charge is 0.229 e. The van der Waals surface area contributed by atoms with E-state index in [1.165, 1.54) is 10.5 Å². The Morgan fingerprint density at radius 2 is 1.74 bits per heavy atom. The monoisotopic (exact) mass is 447 g/mol. The number of thioether (sulfide) groups is 1. The third-order valence-corrected chi connectivity index (χ3v) is 7.41. The topological polar surface area (TPSA) is 46.1 Å². The van der Waals surface area contributed by atoms with Gasteiger partial charge in [0.05, 0.1) is 16.8 Å². The molecule has 0 fully saturated rings. The van der Waals surface area contributed by atoms with Crippen molar-refractivity contribution in [1.29, 1.82) is 0 Å². The minimum Gasteiger partial charge on any atom is -0.284 e. The highest BCUT2D eigenvalue weighted by Crippen LogP contribution is 2.34. The third kappa shape index (κ3) is 5.32. The van der Waals surface area contributed by atoms with E-state index >= 15 is 0 Å². The number of aromatic nitrogens is 2. The second-order valence-corrected chi connectivity index (χ2v) is 9.62. The molecule has 31 heavy (non-hydrogen) atoms. The van der Waals surface area contributed by atoms with Crippen molar-refractivity contribution in [3.8, 4) is 0 Å². The number of nitrogens with zero attached hydrogens (tertiary/aromatic N) is 3. The lowest BCUT2D eigenvalue weighted by Gasteiger charge is -2.20. The van der Waals surface area contributed by atoms with E-state index in [9.17, 15) is 4.79 Å². The largest absolute Gasteiger partial charge is 0.284 e. The summed E-state index contributed by atoms with van der Waals surface area (Å²) in [5, 5.41) is 0.768. The average molecular weight is 448 g/mol. The molecular formula is C25H25N3OS2. The molecule has 0 N–H and O–H groups in total. The first-order valence-corrected chi connectivity index (χ1v) is 12.2. The van der Waals surface area contributed by atoms with Crippen molar-refractivity contribution in [2.45, 2.75) is 38.1 Å². The van der Waals surface area contributed by atoms with Crippen LogP contribution in [0.5, 0.6) is 0 Å². The van der Waals surface area contributed by atoms with E-state index in [1.54, 1.807) is 35.5 Å². The minimum atomic E-state index is 0.111. The molecule has 1 amide bonds. The van der Waals surface area contributed by atoms with Gasteiger partial charge in [-0.25, -0.2) is 4.98 Å². The molecule has 0 atom stereocenters. The standard InChI is InChI=1S/C25H25N3OS2/c1-18-10-11-19(2)24-23(18)27-25(31-24)28(17-20-12-14-26-15-13-20)22(29)9-6-16-30-21-7-4-3-5-8-21/h3-5,7-8,10-15H,6,9,16-17H2,1-2H3. The van der Waals surface area contributed by atoms with E-state index in [0.29, 0.717) is 13.0 Å². The Kier molecular flexibility index (Phi) is 6.99. The van der Waals surface area contributed by atoms with Crippen molar-refractivity contribution >= 4 is 44.4 Å². The SMILES string of the molecule is Cc1ccc(C)c2sc(N(Cc3ccncc3)C(=O)CCCSc3ccccc3)nc12. The van der Waals surface area contributed by atoms with Gasteiger partial charge in [-0.2, -0.15) is 0 Å². The number of rotatable bonds is 8. The van der Waals surface area contributed by atoms with Crippen LogP contribution in [-0.2, 0) is 11.3 Å². The summed E-state index contributed by atoms with van der Waals surface area (Å²) in [6, 6.07) is 18.4. The molecule has 0 saturated heterocycles. The van der Waals surface area contributed by atoms with Gasteiger partial charge >= 0.3 is 0 Å². The maximum absolute atomic E-state index is 13.3. The van der Waals surface area contributed by atoms with Crippen molar-refractivity contribution in [3.63, 3.8) is 0 Å². The fraction of sp³-hybridized carbons (Fsp3) is 0.240. The number of pyridine rings is 1. The first kappa shape index (κ1) is 21.5. The lowest BCUT2D eigenvalue weighted by molar-refractivity contribution is -0.118. The summed E-state index contributed by atoms with van der Waals surface area (Å²) in [5.74, 6) is 1.02. The minimum absolute atomic E-state index is 0.111. The lowest BCUT2D eigenvalue weighted by atomic mass is 10.1. The highest BCUT2D eigenvalue weighted by atomic mass is 32.2. The molecule has 0 saturated carbocycles. The summed E-state index contributed by atoms with van der Waals surface area (Å²) >= 11 is 3.39. The summed E-state index contributed by atoms with van der Waals surface area (Å²) < 4.78 is 1.15. The van der Waals surface area contributed by atoms with Crippen LogP contribution in [0.1, 0.15) is 29.5 Å². The van der Waals surface area contributed by atoms with Crippen molar-refractivity contribution in [2.75, 3.05) is 10.7 Å². The van der Waals surface area contributed by atoms with Crippen molar-refractivity contribution in [3.05, 3.63) is 83.7 Å². The molecule has 4 nitrogen and oxygen atoms in total. The van der Waals surface area contributed by atoms with Crippen LogP contribution in [-0.4, -0.2) is 21.6 Å². The van der Waals surface area contributed by atoms with Gasteiger partial charge < -0.3 is 0 Å². The van der Waals surface area contributed by atoms with E-state index in [0.717, 1.165) is 38.6 Å². The number of hydrogen-bond donors (Lipinski definition) is 0. The lowest BCUT2D eigenvalue weighted by Crippen LogP contribution is -2.30. The second-order valence-electron chi connectivity index (χ2n) is 7.47. The number of aryl methyl sites for hydroxylation is 2. The number of hydrogen-bond acceptors (Lipinski definition) is 5. The zero-order valence-corrected chi connectivity index (χ0v) is 19.4. The summed E-state index contributed by atoms with van der Waals surface area (Å²) in [6.07, 6.45) is 4.86. The number of thiazole rings is 1. The molecule has 6 heteroatoms. The van der Waals surface area contributed by atoms with Crippen LogP contribution in [0.25, 0.3) is 10.2 Å². The van der Waals surface area contributed by atoms with Crippen molar-refractivity contribution in [1.82, 2.24) is 9.97 Å². The van der Waals surface area contributed by atoms with Gasteiger partial charge in [-0.05, 0) is 67.0 Å². The molecule has 2 heterocycles. The van der Waals surface area contributed by atoms with Gasteiger partial charge in [0.1, 0.15) is 0 Å². The average Bonchev–Trinajstić information content (AvgIpc) is 3.25. The molecule has 2 aromatic carbocycles. The fourth-order valence-corrected chi connectivity index (χ4v) is 5.36. The van der Waals surface area contributed by atoms with Crippen LogP contribution in [0.4, 0.5) is 5.13 Å². The van der Waals surface area contributed by atoms with Crippen LogP contribution in [0, 0.1) is 13.8 Å². The van der Waals surface area contributed by atoms with E-state index < -0.39 is 0 Å². The number of anilines is 1. The fourth-order valence-electron chi connectivity index (χ4n) is 3.36. The van der Waals surface area contributed by atoms with E-state index in [1.807, 2.05) is 35.2 Å². The van der Waals surface area contributed by atoms with Crippen LogP contribution in [0.3, 0.4) is 0 Å². The Bertz CT molecular complexity index is 1120.